The summed E-state index contributed by atoms with van der Waals surface area (Å²) in [6, 6.07) is 16.9. The lowest BCUT2D eigenvalue weighted by Gasteiger charge is -2.45. The molecule has 0 aliphatic carbocycles. The average Bonchev–Trinajstić information content (AvgIpc) is 3.20. The molecule has 0 spiro atoms. The molecule has 2 saturated heterocycles. The van der Waals surface area contributed by atoms with Crippen LogP contribution in [0.25, 0.3) is 0 Å². The van der Waals surface area contributed by atoms with Gasteiger partial charge in [-0.05, 0) is 75.6 Å². The van der Waals surface area contributed by atoms with E-state index in [2.05, 4.69) is 48.7 Å². The normalized spacial score (nSPS) is 25.7. The summed E-state index contributed by atoms with van der Waals surface area (Å²) in [5, 5.41) is 6.24. The lowest BCUT2D eigenvalue weighted by Crippen LogP contribution is -2.46. The van der Waals surface area contributed by atoms with Gasteiger partial charge in [0.1, 0.15) is 5.82 Å². The molecule has 2 atom stereocenters. The molecule has 0 bridgehead atoms. The average molecular weight is 481 g/mol. The number of rotatable bonds is 9. The molecule has 35 heavy (non-hydrogen) atoms. The highest BCUT2D eigenvalue weighted by atomic mass is 19.1. The molecule has 2 aromatic carbocycles. The predicted octanol–water partition coefficient (Wildman–Crippen LogP) is 4.83. The van der Waals surface area contributed by atoms with Crippen molar-refractivity contribution in [2.45, 2.75) is 81.8 Å². The molecular weight excluding hydrogens is 443 g/mol. The first-order valence-electron chi connectivity index (χ1n) is 12.7. The number of halogens is 1. The Morgan fingerprint density at radius 2 is 1.80 bits per heavy atom. The molecule has 2 amide bonds. The van der Waals surface area contributed by atoms with Crippen LogP contribution in [0.15, 0.2) is 54.6 Å². The van der Waals surface area contributed by atoms with E-state index in [-0.39, 0.29) is 28.6 Å². The third kappa shape index (κ3) is 6.49. The van der Waals surface area contributed by atoms with Crippen molar-refractivity contribution < 1.29 is 18.7 Å². The third-order valence-electron chi connectivity index (χ3n) is 7.67. The number of hydrogen-bond donors (Lipinski definition) is 2. The maximum Gasteiger partial charge on any atom is 0.220 e. The Morgan fingerprint density at radius 3 is 2.46 bits per heavy atom. The summed E-state index contributed by atoms with van der Waals surface area (Å²) in [6.45, 7) is 5.58. The molecular formula is C29H37FN2O3. The lowest BCUT2D eigenvalue weighted by atomic mass is 9.67. The van der Waals surface area contributed by atoms with Gasteiger partial charge in [0.15, 0.2) is 0 Å². The van der Waals surface area contributed by atoms with Gasteiger partial charge in [-0.2, -0.15) is 0 Å². The molecule has 188 valence electrons. The smallest absolute Gasteiger partial charge is 0.220 e. The Kier molecular flexibility index (Phi) is 7.60. The molecule has 5 nitrogen and oxygen atoms in total. The molecule has 4 rings (SSSR count). The first kappa shape index (κ1) is 25.4. The number of hydrogen-bond acceptors (Lipinski definition) is 3. The van der Waals surface area contributed by atoms with Crippen LogP contribution >= 0.6 is 0 Å². The number of carbonyl (C=O) groups excluding carboxylic acids is 2. The molecule has 2 fully saturated rings. The predicted molar refractivity (Wildman–Crippen MR) is 134 cm³/mol. The standard InChI is InChI=1S/C29H37FN2O3/c1-27(2)21-28(17-19-35-27,23-6-4-3-5-7-23)16-18-31-25(33)12-14-29(15-13-26(34)32-29)20-22-8-10-24(30)11-9-22/h3-11H,12-21H2,1-2H3,(H,31,33)(H,32,34)/t28-,29+/m1/s1. The summed E-state index contributed by atoms with van der Waals surface area (Å²) < 4.78 is 19.3. The van der Waals surface area contributed by atoms with Crippen molar-refractivity contribution in [2.24, 2.45) is 0 Å². The van der Waals surface area contributed by atoms with Crippen molar-refractivity contribution in [1.82, 2.24) is 10.6 Å². The van der Waals surface area contributed by atoms with Gasteiger partial charge in [0, 0.05) is 36.9 Å². The maximum absolute atomic E-state index is 13.3. The topological polar surface area (TPSA) is 67.4 Å². The maximum atomic E-state index is 13.3. The fraction of sp³-hybridized carbons (Fsp3) is 0.517. The van der Waals surface area contributed by atoms with Crippen LogP contribution in [-0.2, 0) is 26.2 Å². The summed E-state index contributed by atoms with van der Waals surface area (Å²) in [5.41, 5.74) is 1.58. The molecule has 2 aliphatic rings. The number of nitrogens with one attached hydrogen (secondary N) is 2. The van der Waals surface area contributed by atoms with Crippen molar-refractivity contribution >= 4 is 11.8 Å². The minimum Gasteiger partial charge on any atom is -0.376 e. The molecule has 0 saturated carbocycles. The second kappa shape index (κ2) is 10.5. The van der Waals surface area contributed by atoms with Crippen LogP contribution in [0.2, 0.25) is 0 Å². The van der Waals surface area contributed by atoms with Crippen molar-refractivity contribution in [3.63, 3.8) is 0 Å². The van der Waals surface area contributed by atoms with Crippen LogP contribution in [-0.4, -0.2) is 36.1 Å². The zero-order chi connectivity index (χ0) is 24.9. The largest absolute Gasteiger partial charge is 0.376 e. The monoisotopic (exact) mass is 480 g/mol. The summed E-state index contributed by atoms with van der Waals surface area (Å²) in [7, 11) is 0. The number of amides is 2. The van der Waals surface area contributed by atoms with Gasteiger partial charge in [-0.25, -0.2) is 4.39 Å². The van der Waals surface area contributed by atoms with Crippen molar-refractivity contribution in [1.29, 1.82) is 0 Å². The van der Waals surface area contributed by atoms with Gasteiger partial charge in [-0.1, -0.05) is 42.5 Å². The van der Waals surface area contributed by atoms with E-state index in [0.29, 0.717) is 45.3 Å². The molecule has 2 heterocycles. The Labute approximate surface area is 207 Å². The molecule has 6 heteroatoms. The summed E-state index contributed by atoms with van der Waals surface area (Å²) in [6.07, 6.45) is 5.34. The first-order valence-corrected chi connectivity index (χ1v) is 12.7. The Morgan fingerprint density at radius 1 is 1.06 bits per heavy atom. The van der Waals surface area contributed by atoms with Crippen LogP contribution in [0.5, 0.6) is 0 Å². The fourth-order valence-corrected chi connectivity index (χ4v) is 5.93. The molecule has 0 aromatic heterocycles. The second-order valence-corrected chi connectivity index (χ2v) is 10.9. The summed E-state index contributed by atoms with van der Waals surface area (Å²) in [4.78, 5) is 24.9. The van der Waals surface area contributed by atoms with Gasteiger partial charge < -0.3 is 15.4 Å². The van der Waals surface area contributed by atoms with E-state index in [9.17, 15) is 14.0 Å². The number of benzene rings is 2. The molecule has 2 aliphatic heterocycles. The lowest BCUT2D eigenvalue weighted by molar-refractivity contribution is -0.123. The zero-order valence-electron chi connectivity index (χ0n) is 20.9. The van der Waals surface area contributed by atoms with Crippen LogP contribution < -0.4 is 10.6 Å². The van der Waals surface area contributed by atoms with Crippen LogP contribution in [0.4, 0.5) is 4.39 Å². The van der Waals surface area contributed by atoms with E-state index in [1.54, 1.807) is 12.1 Å². The molecule has 0 radical (unpaired) electrons. The Hall–Kier alpha value is -2.73. The van der Waals surface area contributed by atoms with Gasteiger partial charge in [-0.15, -0.1) is 0 Å². The summed E-state index contributed by atoms with van der Waals surface area (Å²) in [5.74, 6) is -0.266. The summed E-state index contributed by atoms with van der Waals surface area (Å²) >= 11 is 0. The van der Waals surface area contributed by atoms with E-state index in [4.69, 9.17) is 4.74 Å². The van der Waals surface area contributed by atoms with Crippen molar-refractivity contribution in [3.05, 3.63) is 71.5 Å². The quantitative estimate of drug-likeness (QED) is 0.540. The fourth-order valence-electron chi connectivity index (χ4n) is 5.93. The minimum absolute atomic E-state index is 0.000776. The Bertz CT molecular complexity index is 1020. The third-order valence-corrected chi connectivity index (χ3v) is 7.67. The molecule has 2 aromatic rings. The molecule has 2 N–H and O–H groups in total. The zero-order valence-corrected chi connectivity index (χ0v) is 20.9. The minimum atomic E-state index is -0.456. The van der Waals surface area contributed by atoms with Crippen LogP contribution in [0, 0.1) is 5.82 Å². The van der Waals surface area contributed by atoms with Crippen LogP contribution in [0.1, 0.15) is 69.9 Å². The van der Waals surface area contributed by atoms with E-state index < -0.39 is 5.54 Å². The van der Waals surface area contributed by atoms with Crippen LogP contribution in [0.3, 0.4) is 0 Å². The highest BCUT2D eigenvalue weighted by molar-refractivity contribution is 5.80. The number of ether oxygens (including phenoxy) is 1. The van der Waals surface area contributed by atoms with E-state index in [1.165, 1.54) is 17.7 Å². The van der Waals surface area contributed by atoms with E-state index in [0.717, 1.165) is 24.8 Å². The number of carbonyl (C=O) groups is 2. The highest BCUT2D eigenvalue weighted by Gasteiger charge is 2.42. The van der Waals surface area contributed by atoms with Crippen molar-refractivity contribution in [3.8, 4) is 0 Å². The first-order chi connectivity index (χ1) is 16.7. The van der Waals surface area contributed by atoms with E-state index >= 15 is 0 Å². The van der Waals surface area contributed by atoms with E-state index in [1.807, 2.05) is 6.07 Å². The van der Waals surface area contributed by atoms with Crippen molar-refractivity contribution in [2.75, 3.05) is 13.2 Å². The second-order valence-electron chi connectivity index (χ2n) is 10.9. The van der Waals surface area contributed by atoms with Gasteiger partial charge in [0.25, 0.3) is 0 Å². The molecule has 0 unspecified atom stereocenters. The van der Waals surface area contributed by atoms with Gasteiger partial charge in [0.2, 0.25) is 11.8 Å². The Balaban J connectivity index is 1.35. The van der Waals surface area contributed by atoms with Gasteiger partial charge in [-0.3, -0.25) is 9.59 Å². The van der Waals surface area contributed by atoms with Gasteiger partial charge in [0.05, 0.1) is 5.60 Å². The van der Waals surface area contributed by atoms with Gasteiger partial charge >= 0.3 is 0 Å². The SMILES string of the molecule is CC1(C)C[C@](CCNC(=O)CC[C@@]2(Cc3ccc(F)cc3)CCC(=O)N2)(c2ccccc2)CCO1. The highest BCUT2D eigenvalue weighted by Crippen LogP contribution is 2.43.